The van der Waals surface area contributed by atoms with E-state index in [0.717, 1.165) is 45.1 Å². The van der Waals surface area contributed by atoms with Crippen LogP contribution in [0.4, 0.5) is 0 Å². The predicted octanol–water partition coefficient (Wildman–Crippen LogP) is 13.7. The number of allylic oxidation sites excluding steroid dienone is 5. The lowest BCUT2D eigenvalue weighted by Gasteiger charge is -2.21. The Morgan fingerprint density at radius 2 is 1.32 bits per heavy atom. The van der Waals surface area contributed by atoms with E-state index >= 15 is 0 Å². The van der Waals surface area contributed by atoms with Crippen LogP contribution in [0.5, 0.6) is 0 Å². The van der Waals surface area contributed by atoms with Crippen molar-refractivity contribution in [1.82, 2.24) is 9.13 Å². The Kier molecular flexibility index (Phi) is 8.05. The molecule has 11 rings (SSSR count). The van der Waals surface area contributed by atoms with Gasteiger partial charge in [0.15, 0.2) is 0 Å². The highest BCUT2D eigenvalue weighted by Gasteiger charge is 2.22. The molecule has 1 atom stereocenters. The zero-order valence-electron chi connectivity index (χ0n) is 31.5. The second-order valence-electron chi connectivity index (χ2n) is 15.6. The summed E-state index contributed by atoms with van der Waals surface area (Å²) in [5.74, 6) is 0.469. The monoisotopic (exact) mass is 721 g/mol. The molecule has 3 nitrogen and oxygen atoms in total. The van der Waals surface area contributed by atoms with Crippen LogP contribution in [-0.2, 0) is 6.42 Å². The van der Waals surface area contributed by atoms with Gasteiger partial charge < -0.3 is 9.13 Å². The minimum Gasteiger partial charge on any atom is -0.310 e. The van der Waals surface area contributed by atoms with Crippen molar-refractivity contribution < 1.29 is 0 Å². The van der Waals surface area contributed by atoms with Crippen LogP contribution in [0.3, 0.4) is 0 Å². The molecule has 2 aliphatic carbocycles. The molecule has 0 radical (unpaired) electrons. The maximum Gasteiger partial charge on any atom is 0.0543 e. The van der Waals surface area contributed by atoms with Crippen LogP contribution in [0.25, 0.3) is 78.0 Å². The van der Waals surface area contributed by atoms with Gasteiger partial charge in [0.2, 0.25) is 0 Å². The van der Waals surface area contributed by atoms with Crippen molar-refractivity contribution in [2.24, 2.45) is 4.99 Å². The van der Waals surface area contributed by atoms with Gasteiger partial charge in [0.25, 0.3) is 0 Å². The fraction of sp³-hybridized carbons (Fsp3) is 0.151. The number of para-hydroxylation sites is 1. The summed E-state index contributed by atoms with van der Waals surface area (Å²) in [5.41, 5.74) is 17.9. The van der Waals surface area contributed by atoms with Gasteiger partial charge in [-0.05, 0) is 150 Å². The van der Waals surface area contributed by atoms with E-state index in [1.807, 2.05) is 0 Å². The summed E-state index contributed by atoms with van der Waals surface area (Å²) >= 11 is 0. The Morgan fingerprint density at radius 3 is 2.18 bits per heavy atom. The van der Waals surface area contributed by atoms with Crippen LogP contribution in [0.15, 0.2) is 163 Å². The molecule has 0 bridgehead atoms. The average Bonchev–Trinajstić information content (AvgIpc) is 3.79. The van der Waals surface area contributed by atoms with Crippen LogP contribution >= 0.6 is 0 Å². The van der Waals surface area contributed by atoms with Crippen LogP contribution in [0.1, 0.15) is 60.4 Å². The second-order valence-corrected chi connectivity index (χ2v) is 15.6. The first-order chi connectivity index (χ1) is 27.8. The van der Waals surface area contributed by atoms with Crippen molar-refractivity contribution >= 4 is 50.6 Å². The largest absolute Gasteiger partial charge is 0.310 e. The number of benzene rings is 6. The molecular formula is C53H43N3. The molecular weight excluding hydrogens is 679 g/mol. The fourth-order valence-electron chi connectivity index (χ4n) is 9.49. The molecule has 8 aromatic rings. The third-order valence-corrected chi connectivity index (χ3v) is 12.3. The average molecular weight is 722 g/mol. The molecule has 270 valence electrons. The number of rotatable bonds is 6. The number of hydrogen-bond acceptors (Lipinski definition) is 1. The molecule has 3 heteroatoms. The van der Waals surface area contributed by atoms with Crippen LogP contribution in [-0.4, -0.2) is 21.9 Å². The molecule has 0 N–H and O–H groups in total. The molecule has 0 fully saturated rings. The van der Waals surface area contributed by atoms with Gasteiger partial charge in [-0.2, -0.15) is 0 Å². The molecule has 2 aromatic heterocycles. The SMILES string of the molecule is C1=CC(c2ccc(-n3c4ccccc4c4cc(-c5ccc6c7c(n(-c8cc(-c9ccccc9)cc(C9CC=NCC9)c8)c6c5)C=CCC7)ccc43)cc2)=CCC1. The molecule has 1 unspecified atom stereocenters. The molecule has 56 heavy (non-hydrogen) atoms. The minimum atomic E-state index is 0.469. The van der Waals surface area contributed by atoms with E-state index in [-0.39, 0.29) is 0 Å². The lowest BCUT2D eigenvalue weighted by atomic mass is 9.89. The lowest BCUT2D eigenvalue weighted by Crippen LogP contribution is -2.08. The third kappa shape index (κ3) is 5.61. The normalized spacial score (nSPS) is 16.5. The van der Waals surface area contributed by atoms with Crippen LogP contribution in [0.2, 0.25) is 0 Å². The molecule has 0 saturated carbocycles. The van der Waals surface area contributed by atoms with E-state index in [9.17, 15) is 0 Å². The fourth-order valence-corrected chi connectivity index (χ4v) is 9.49. The standard InChI is InChI=1S/C53H43N3/c1-3-11-36(12-4-1)38-19-23-44(24-20-38)55-51-18-10-8-16-47(51)49-34-40(22-26-52(49)55)41-21-25-48-46-15-7-9-17-50(46)56(53(48)35-41)45-32-42(37-13-5-2-6-14-37)31-43(33-45)39-27-29-54-30-28-39/h2-3,5-6,8-14,16-26,29,31-35,39H,1,4,7,15,27-28,30H2. The maximum atomic E-state index is 4.57. The molecule has 3 heterocycles. The summed E-state index contributed by atoms with van der Waals surface area (Å²) < 4.78 is 4.97. The van der Waals surface area contributed by atoms with E-state index in [2.05, 4.69) is 184 Å². The third-order valence-electron chi connectivity index (χ3n) is 12.3. The van der Waals surface area contributed by atoms with Gasteiger partial charge in [-0.15, -0.1) is 0 Å². The van der Waals surface area contributed by atoms with E-state index < -0.39 is 0 Å². The van der Waals surface area contributed by atoms with Crippen molar-refractivity contribution in [1.29, 1.82) is 0 Å². The lowest BCUT2D eigenvalue weighted by molar-refractivity contribution is 0.637. The number of aromatic nitrogens is 2. The van der Waals surface area contributed by atoms with Crippen molar-refractivity contribution in [2.45, 2.75) is 44.4 Å². The van der Waals surface area contributed by atoms with Gasteiger partial charge >= 0.3 is 0 Å². The van der Waals surface area contributed by atoms with E-state index in [1.165, 1.54) is 94.3 Å². The summed E-state index contributed by atoms with van der Waals surface area (Å²) in [4.78, 5) is 4.57. The van der Waals surface area contributed by atoms with E-state index in [4.69, 9.17) is 0 Å². The van der Waals surface area contributed by atoms with Gasteiger partial charge in [0.1, 0.15) is 0 Å². The summed E-state index contributed by atoms with van der Waals surface area (Å²) in [6.45, 7) is 0.898. The number of aryl methyl sites for hydroxylation is 1. The molecule has 1 aliphatic heterocycles. The summed E-state index contributed by atoms with van der Waals surface area (Å²) in [7, 11) is 0. The summed E-state index contributed by atoms with van der Waals surface area (Å²) in [5, 5.41) is 3.90. The number of nitrogens with zero attached hydrogens (tertiary/aromatic N) is 3. The minimum absolute atomic E-state index is 0.469. The Morgan fingerprint density at radius 1 is 0.518 bits per heavy atom. The van der Waals surface area contributed by atoms with Gasteiger partial charge in [0.05, 0.1) is 16.6 Å². The summed E-state index contributed by atoms with van der Waals surface area (Å²) in [6.07, 6.45) is 20.2. The van der Waals surface area contributed by atoms with Crippen molar-refractivity contribution in [3.8, 4) is 33.6 Å². The van der Waals surface area contributed by atoms with Gasteiger partial charge in [-0.1, -0.05) is 109 Å². The predicted molar refractivity (Wildman–Crippen MR) is 238 cm³/mol. The Labute approximate surface area is 328 Å². The highest BCUT2D eigenvalue weighted by Crippen LogP contribution is 2.41. The Bertz CT molecular complexity index is 2930. The van der Waals surface area contributed by atoms with Gasteiger partial charge in [-0.3, -0.25) is 4.99 Å². The smallest absolute Gasteiger partial charge is 0.0543 e. The number of hydrogen-bond donors (Lipinski definition) is 0. The first-order valence-corrected chi connectivity index (χ1v) is 20.3. The molecule has 3 aliphatic rings. The molecule has 0 saturated heterocycles. The highest BCUT2D eigenvalue weighted by atomic mass is 15.0. The van der Waals surface area contributed by atoms with E-state index in [1.54, 1.807) is 0 Å². The summed E-state index contributed by atoms with van der Waals surface area (Å²) in [6, 6.07) is 50.3. The van der Waals surface area contributed by atoms with E-state index in [0.29, 0.717) is 5.92 Å². The van der Waals surface area contributed by atoms with Crippen LogP contribution < -0.4 is 0 Å². The Balaban J connectivity index is 1.06. The van der Waals surface area contributed by atoms with Crippen molar-refractivity contribution in [3.05, 3.63) is 180 Å². The van der Waals surface area contributed by atoms with Crippen LogP contribution in [0, 0.1) is 0 Å². The highest BCUT2D eigenvalue weighted by molar-refractivity contribution is 6.10. The topological polar surface area (TPSA) is 22.2 Å². The van der Waals surface area contributed by atoms with Gasteiger partial charge in [0, 0.05) is 39.8 Å². The van der Waals surface area contributed by atoms with Crippen molar-refractivity contribution in [2.75, 3.05) is 6.54 Å². The maximum absolute atomic E-state index is 4.57. The second kappa shape index (κ2) is 13.7. The van der Waals surface area contributed by atoms with Gasteiger partial charge in [-0.25, -0.2) is 0 Å². The number of aliphatic imine (C=N–C) groups is 1. The first kappa shape index (κ1) is 32.9. The zero-order valence-corrected chi connectivity index (χ0v) is 31.5. The molecule has 0 amide bonds. The molecule has 6 aromatic carbocycles. The number of fused-ring (bicyclic) bond motifs is 6. The first-order valence-electron chi connectivity index (χ1n) is 20.3. The molecule has 0 spiro atoms. The quantitative estimate of drug-likeness (QED) is 0.163. The zero-order chi connectivity index (χ0) is 37.0. The van der Waals surface area contributed by atoms with Crippen molar-refractivity contribution in [3.63, 3.8) is 0 Å². The Hall–Kier alpha value is -6.45.